The third-order valence-corrected chi connectivity index (χ3v) is 3.17. The number of nitrogens with zero attached hydrogens (tertiary/aromatic N) is 4. The number of oxime groups is 1. The highest BCUT2D eigenvalue weighted by molar-refractivity contribution is 6.42. The van der Waals surface area contributed by atoms with Crippen molar-refractivity contribution in [3.05, 3.63) is 55.8 Å². The molecule has 2 aromatic rings. The van der Waals surface area contributed by atoms with Crippen molar-refractivity contribution in [2.24, 2.45) is 12.2 Å². The molecule has 0 radical (unpaired) electrons. The molecule has 1 heterocycles. The molecule has 10 heteroatoms. The summed E-state index contributed by atoms with van der Waals surface area (Å²) in [6, 6.07) is 4.96. The Bertz CT molecular complexity index is 715. The van der Waals surface area contributed by atoms with E-state index in [-0.39, 0.29) is 11.6 Å². The Morgan fingerprint density at radius 3 is 2.50 bits per heavy atom. The number of aldehydes is 1. The molecule has 0 spiro atoms. The Morgan fingerprint density at radius 2 is 2.09 bits per heavy atom. The number of hydrogen-bond acceptors (Lipinski definition) is 6. The molecule has 1 N–H and O–H groups in total. The van der Waals surface area contributed by atoms with Gasteiger partial charge in [0.2, 0.25) is 0 Å². The molecule has 0 aliphatic heterocycles. The van der Waals surface area contributed by atoms with Gasteiger partial charge >= 0.3 is 5.95 Å². The van der Waals surface area contributed by atoms with Gasteiger partial charge in [-0.15, -0.1) is 0 Å². The number of carbonyl (C=O) groups excluding carboxylic acids is 1. The molecule has 0 saturated heterocycles. The van der Waals surface area contributed by atoms with Crippen LogP contribution in [0.2, 0.25) is 10.0 Å². The zero-order valence-corrected chi connectivity index (χ0v) is 12.7. The average molecular weight is 345 g/mol. The molecule has 0 unspecified atom stereocenters. The minimum Gasteiger partial charge on any atom is -0.411 e. The van der Waals surface area contributed by atoms with Crippen LogP contribution in [0.25, 0.3) is 0 Å². The second kappa shape index (κ2) is 8.11. The highest BCUT2D eigenvalue weighted by Gasteiger charge is 2.15. The monoisotopic (exact) mass is 344 g/mol. The van der Waals surface area contributed by atoms with E-state index in [2.05, 4.69) is 10.1 Å². The standard InChI is InChI=1S/C7H5Cl2NO.C5H5N3O3/c8-6-2-1-5(4-10-11)3-7(6)9;1-7-4(3-9)2-6-5(7)8(10)11/h1-4,11H;2-3H,1H3. The summed E-state index contributed by atoms with van der Waals surface area (Å²) in [4.78, 5) is 23.1. The summed E-state index contributed by atoms with van der Waals surface area (Å²) in [6.07, 6.45) is 2.95. The van der Waals surface area contributed by atoms with Crippen molar-refractivity contribution < 1.29 is 14.9 Å². The summed E-state index contributed by atoms with van der Waals surface area (Å²) in [5, 5.41) is 22.1. The maximum atomic E-state index is 10.2. The van der Waals surface area contributed by atoms with Gasteiger partial charge < -0.3 is 15.3 Å². The molecule has 1 aromatic carbocycles. The molecule has 0 aliphatic rings. The maximum Gasteiger partial charge on any atom is 0.434 e. The van der Waals surface area contributed by atoms with E-state index in [9.17, 15) is 14.9 Å². The van der Waals surface area contributed by atoms with Crippen molar-refractivity contribution in [1.29, 1.82) is 0 Å². The van der Waals surface area contributed by atoms with Gasteiger partial charge in [0.15, 0.2) is 12.0 Å². The minimum atomic E-state index is -0.646. The quantitative estimate of drug-likeness (QED) is 0.302. The Balaban J connectivity index is 0.000000220. The third kappa shape index (κ3) is 4.54. The Hall–Kier alpha value is -2.45. The van der Waals surface area contributed by atoms with Crippen molar-refractivity contribution in [3.8, 4) is 0 Å². The van der Waals surface area contributed by atoms with E-state index in [1.165, 1.54) is 13.3 Å². The SMILES string of the molecule is Cn1c(C=O)cnc1[N+](=O)[O-].ON=Cc1ccc(Cl)c(Cl)c1. The number of nitro groups is 1. The lowest BCUT2D eigenvalue weighted by molar-refractivity contribution is -0.396. The van der Waals surface area contributed by atoms with Gasteiger partial charge in [0, 0.05) is 0 Å². The fraction of sp³-hybridized carbons (Fsp3) is 0.0833. The zero-order valence-electron chi connectivity index (χ0n) is 11.2. The number of halogens is 2. The maximum absolute atomic E-state index is 10.2. The zero-order chi connectivity index (χ0) is 16.7. The molecule has 0 atom stereocenters. The summed E-state index contributed by atoms with van der Waals surface area (Å²) >= 11 is 11.3. The second-order valence-electron chi connectivity index (χ2n) is 3.84. The van der Waals surface area contributed by atoms with Crippen LogP contribution in [0.5, 0.6) is 0 Å². The lowest BCUT2D eigenvalue weighted by atomic mass is 10.2. The van der Waals surface area contributed by atoms with Crippen LogP contribution in [-0.4, -0.2) is 32.2 Å². The molecule has 0 amide bonds. The Morgan fingerprint density at radius 1 is 1.41 bits per heavy atom. The van der Waals surface area contributed by atoms with Crippen LogP contribution in [0.1, 0.15) is 16.1 Å². The highest BCUT2D eigenvalue weighted by Crippen LogP contribution is 2.21. The first-order chi connectivity index (χ1) is 10.4. The molecule has 0 aliphatic carbocycles. The minimum absolute atomic E-state index is 0.191. The Labute approximate surface area is 134 Å². The molecule has 0 saturated carbocycles. The number of benzene rings is 1. The predicted octanol–water partition coefficient (Wildman–Crippen LogP) is 2.94. The van der Waals surface area contributed by atoms with Crippen LogP contribution >= 0.6 is 23.2 Å². The first kappa shape index (κ1) is 17.6. The Kier molecular flexibility index (Phi) is 6.48. The molecule has 2 rings (SSSR count). The van der Waals surface area contributed by atoms with E-state index in [1.807, 2.05) is 0 Å². The van der Waals surface area contributed by atoms with Crippen LogP contribution in [0.3, 0.4) is 0 Å². The van der Waals surface area contributed by atoms with Crippen LogP contribution in [0.15, 0.2) is 29.6 Å². The summed E-state index contributed by atoms with van der Waals surface area (Å²) in [5.74, 6) is -0.327. The van der Waals surface area contributed by atoms with Crippen molar-refractivity contribution in [2.45, 2.75) is 0 Å². The van der Waals surface area contributed by atoms with E-state index in [4.69, 9.17) is 28.4 Å². The average Bonchev–Trinajstić information content (AvgIpc) is 2.85. The molecule has 8 nitrogen and oxygen atoms in total. The van der Waals surface area contributed by atoms with E-state index in [0.29, 0.717) is 21.9 Å². The van der Waals surface area contributed by atoms with Gasteiger partial charge in [-0.1, -0.05) is 39.4 Å². The van der Waals surface area contributed by atoms with Crippen LogP contribution in [0.4, 0.5) is 5.95 Å². The summed E-state index contributed by atoms with van der Waals surface area (Å²) in [6.45, 7) is 0. The number of hydrogen-bond donors (Lipinski definition) is 1. The van der Waals surface area contributed by atoms with Crippen molar-refractivity contribution in [3.63, 3.8) is 0 Å². The molecule has 0 fully saturated rings. The fourth-order valence-corrected chi connectivity index (χ4v) is 1.66. The number of carbonyl (C=O) groups is 1. The fourth-order valence-electron chi connectivity index (χ4n) is 1.35. The first-order valence-electron chi connectivity index (χ1n) is 5.64. The molecular weight excluding hydrogens is 335 g/mol. The largest absolute Gasteiger partial charge is 0.434 e. The highest BCUT2D eigenvalue weighted by atomic mass is 35.5. The van der Waals surface area contributed by atoms with E-state index in [1.54, 1.807) is 18.2 Å². The van der Waals surface area contributed by atoms with Crippen molar-refractivity contribution in [1.82, 2.24) is 9.55 Å². The number of imidazole rings is 1. The topological polar surface area (TPSA) is 111 Å². The normalized spacial score (nSPS) is 10.1. The van der Waals surface area contributed by atoms with Gasteiger partial charge in [0.05, 0.1) is 23.3 Å². The summed E-state index contributed by atoms with van der Waals surface area (Å²) < 4.78 is 1.12. The van der Waals surface area contributed by atoms with Gasteiger partial charge in [-0.25, -0.2) is 4.57 Å². The molecule has 116 valence electrons. The van der Waals surface area contributed by atoms with Crippen molar-refractivity contribution >= 4 is 41.7 Å². The lowest BCUT2D eigenvalue weighted by Crippen LogP contribution is -2.00. The van der Waals surface area contributed by atoms with E-state index in [0.717, 1.165) is 10.8 Å². The summed E-state index contributed by atoms with van der Waals surface area (Å²) in [5.41, 5.74) is 0.901. The molecule has 1 aromatic heterocycles. The number of rotatable bonds is 3. The lowest BCUT2D eigenvalue weighted by Gasteiger charge is -1.95. The van der Waals surface area contributed by atoms with Gasteiger partial charge in [-0.05, 0) is 22.6 Å². The molecular formula is C12H10Cl2N4O4. The van der Waals surface area contributed by atoms with Crippen LogP contribution < -0.4 is 0 Å². The van der Waals surface area contributed by atoms with Crippen molar-refractivity contribution in [2.75, 3.05) is 0 Å². The van der Waals surface area contributed by atoms with Gasteiger partial charge in [0.1, 0.15) is 6.20 Å². The van der Waals surface area contributed by atoms with E-state index >= 15 is 0 Å². The van der Waals surface area contributed by atoms with Gasteiger partial charge in [0.25, 0.3) is 0 Å². The second-order valence-corrected chi connectivity index (χ2v) is 4.65. The predicted molar refractivity (Wildman–Crippen MR) is 81.1 cm³/mol. The molecule has 0 bridgehead atoms. The van der Waals surface area contributed by atoms with Crippen LogP contribution in [-0.2, 0) is 7.05 Å². The third-order valence-electron chi connectivity index (χ3n) is 2.43. The van der Waals surface area contributed by atoms with E-state index < -0.39 is 4.92 Å². The first-order valence-corrected chi connectivity index (χ1v) is 6.40. The summed E-state index contributed by atoms with van der Waals surface area (Å²) in [7, 11) is 1.41. The smallest absolute Gasteiger partial charge is 0.411 e. The van der Waals surface area contributed by atoms with Crippen LogP contribution in [0, 0.1) is 10.1 Å². The molecule has 22 heavy (non-hydrogen) atoms. The number of aromatic nitrogens is 2. The van der Waals surface area contributed by atoms with Gasteiger partial charge in [-0.3, -0.25) is 4.79 Å². The van der Waals surface area contributed by atoms with Gasteiger partial charge in [-0.2, -0.15) is 0 Å².